The van der Waals surface area contributed by atoms with Crippen molar-refractivity contribution in [1.82, 2.24) is 4.90 Å². The number of rotatable bonds is 6. The Morgan fingerprint density at radius 2 is 1.72 bits per heavy atom. The third-order valence-electron chi connectivity index (χ3n) is 5.42. The topological polar surface area (TPSA) is 61.9 Å². The Labute approximate surface area is 186 Å². The fourth-order valence-electron chi connectivity index (χ4n) is 3.78. The molecule has 1 N–H and O–H groups in total. The van der Waals surface area contributed by atoms with Crippen molar-refractivity contribution in [1.29, 1.82) is 0 Å². The third kappa shape index (κ3) is 4.56. The van der Waals surface area contributed by atoms with Gasteiger partial charge in [-0.25, -0.2) is 9.18 Å². The van der Waals surface area contributed by atoms with Crippen molar-refractivity contribution in [3.05, 3.63) is 89.7 Å². The number of benzene rings is 3. The number of para-hydroxylation sites is 1. The minimum absolute atomic E-state index is 0.0187. The summed E-state index contributed by atoms with van der Waals surface area (Å²) in [5, 5.41) is 2.69. The summed E-state index contributed by atoms with van der Waals surface area (Å²) in [6.07, 6.45) is 0.840. The molecular weight excluding hydrogens is 409 g/mol. The number of methoxy groups -OCH3 is 1. The maximum Gasteiger partial charge on any atom is 0.324 e. The highest BCUT2D eigenvalue weighted by molar-refractivity contribution is 6.04. The number of hydrogen-bond donors (Lipinski definition) is 1. The molecule has 1 aliphatic heterocycles. The molecule has 1 saturated heterocycles. The van der Waals surface area contributed by atoms with Crippen LogP contribution >= 0.6 is 0 Å². The van der Waals surface area contributed by atoms with Gasteiger partial charge in [0.15, 0.2) is 0 Å². The number of nitrogens with one attached hydrogen (secondary N) is 1. The second kappa shape index (κ2) is 9.51. The van der Waals surface area contributed by atoms with Gasteiger partial charge in [0.25, 0.3) is 5.91 Å². The summed E-state index contributed by atoms with van der Waals surface area (Å²) in [7, 11) is 1.62. The molecule has 0 radical (unpaired) electrons. The van der Waals surface area contributed by atoms with Crippen molar-refractivity contribution in [2.24, 2.45) is 0 Å². The van der Waals surface area contributed by atoms with Gasteiger partial charge < -0.3 is 15.0 Å². The van der Waals surface area contributed by atoms with E-state index in [2.05, 4.69) is 5.32 Å². The number of anilines is 2. The average molecular weight is 433 g/mol. The number of halogens is 1. The molecule has 1 heterocycles. The molecule has 0 aromatic heterocycles. The van der Waals surface area contributed by atoms with Gasteiger partial charge in [0.05, 0.1) is 19.2 Å². The Balaban J connectivity index is 1.44. The molecule has 0 aliphatic carbocycles. The van der Waals surface area contributed by atoms with E-state index in [1.165, 1.54) is 18.2 Å². The van der Waals surface area contributed by atoms with Crippen molar-refractivity contribution in [2.75, 3.05) is 30.4 Å². The van der Waals surface area contributed by atoms with Crippen molar-refractivity contribution < 1.29 is 18.7 Å². The van der Waals surface area contributed by atoms with Crippen molar-refractivity contribution >= 4 is 23.3 Å². The number of ether oxygens (including phenoxy) is 1. The van der Waals surface area contributed by atoms with Crippen molar-refractivity contribution in [3.8, 4) is 5.75 Å². The molecule has 3 aromatic rings. The van der Waals surface area contributed by atoms with E-state index >= 15 is 0 Å². The predicted octanol–water partition coefficient (Wildman–Crippen LogP) is 4.92. The number of hydrogen-bond acceptors (Lipinski definition) is 3. The van der Waals surface area contributed by atoms with Crippen LogP contribution in [-0.2, 0) is 6.54 Å². The Kier molecular flexibility index (Phi) is 6.35. The minimum atomic E-state index is -0.573. The molecule has 3 aromatic carbocycles. The van der Waals surface area contributed by atoms with Crippen molar-refractivity contribution in [2.45, 2.75) is 13.0 Å². The molecule has 0 saturated carbocycles. The molecule has 164 valence electrons. The van der Waals surface area contributed by atoms with Crippen LogP contribution in [0.2, 0.25) is 0 Å². The Morgan fingerprint density at radius 1 is 1.00 bits per heavy atom. The lowest BCUT2D eigenvalue weighted by Gasteiger charge is -2.36. The molecule has 1 aliphatic rings. The monoisotopic (exact) mass is 433 g/mol. The lowest BCUT2D eigenvalue weighted by molar-refractivity contribution is 0.102. The lowest BCUT2D eigenvalue weighted by atomic mass is 10.1. The fraction of sp³-hybridized carbons (Fsp3) is 0.200. The molecule has 7 heteroatoms. The van der Waals surface area contributed by atoms with Crippen molar-refractivity contribution in [3.63, 3.8) is 0 Å². The molecule has 0 atom stereocenters. The van der Waals surface area contributed by atoms with Gasteiger partial charge in [-0.3, -0.25) is 9.69 Å². The number of amides is 3. The first-order chi connectivity index (χ1) is 15.6. The van der Waals surface area contributed by atoms with Crippen LogP contribution in [0.4, 0.5) is 20.6 Å². The quantitative estimate of drug-likeness (QED) is 0.600. The van der Waals surface area contributed by atoms with Crippen LogP contribution in [0.25, 0.3) is 0 Å². The number of nitrogens with zero attached hydrogens (tertiary/aromatic N) is 2. The first-order valence-electron chi connectivity index (χ1n) is 10.4. The van der Waals surface area contributed by atoms with E-state index in [4.69, 9.17) is 4.74 Å². The molecule has 3 amide bonds. The summed E-state index contributed by atoms with van der Waals surface area (Å²) >= 11 is 0. The highest BCUT2D eigenvalue weighted by Crippen LogP contribution is 2.26. The molecule has 32 heavy (non-hydrogen) atoms. The van der Waals surface area contributed by atoms with Crippen LogP contribution < -0.4 is 15.0 Å². The van der Waals surface area contributed by atoms with Gasteiger partial charge in [0.1, 0.15) is 11.6 Å². The molecule has 1 fully saturated rings. The van der Waals surface area contributed by atoms with E-state index in [1.807, 2.05) is 24.3 Å². The third-order valence-corrected chi connectivity index (χ3v) is 5.42. The summed E-state index contributed by atoms with van der Waals surface area (Å²) in [5.41, 5.74) is 2.20. The number of carbonyl (C=O) groups excluding carboxylic acids is 2. The zero-order chi connectivity index (χ0) is 22.5. The highest BCUT2D eigenvalue weighted by Gasteiger charge is 2.27. The van der Waals surface area contributed by atoms with Crippen LogP contribution in [0.3, 0.4) is 0 Å². The number of carbonyl (C=O) groups is 2. The molecular formula is C25H24FN3O3. The van der Waals surface area contributed by atoms with E-state index in [1.54, 1.807) is 47.2 Å². The van der Waals surface area contributed by atoms with Crippen LogP contribution in [0, 0.1) is 5.82 Å². The standard InChI is InChI=1S/C25H24FN3O3/c1-32-23-10-5-2-7-18(23)17-28-15-6-16-29(25(28)31)20-13-11-19(12-14-20)27-24(30)21-8-3-4-9-22(21)26/h2-5,7-14H,6,15-17H2,1H3,(H,27,30). The normalized spacial score (nSPS) is 13.8. The van der Waals surface area contributed by atoms with Crippen LogP contribution in [0.15, 0.2) is 72.8 Å². The van der Waals surface area contributed by atoms with Crippen LogP contribution in [0.5, 0.6) is 5.75 Å². The van der Waals surface area contributed by atoms with E-state index in [0.717, 1.165) is 23.4 Å². The maximum atomic E-state index is 13.8. The summed E-state index contributed by atoms with van der Waals surface area (Å²) in [4.78, 5) is 28.9. The fourth-order valence-corrected chi connectivity index (χ4v) is 3.78. The minimum Gasteiger partial charge on any atom is -0.496 e. The number of urea groups is 1. The van der Waals surface area contributed by atoms with Crippen LogP contribution in [0.1, 0.15) is 22.3 Å². The predicted molar refractivity (Wildman–Crippen MR) is 122 cm³/mol. The smallest absolute Gasteiger partial charge is 0.324 e. The van der Waals surface area contributed by atoms with Crippen LogP contribution in [-0.4, -0.2) is 37.0 Å². The van der Waals surface area contributed by atoms with Gasteiger partial charge >= 0.3 is 6.03 Å². The highest BCUT2D eigenvalue weighted by atomic mass is 19.1. The summed E-state index contributed by atoms with van der Waals surface area (Å²) in [6, 6.07) is 20.4. The van der Waals surface area contributed by atoms with Gasteiger partial charge in [-0.05, 0) is 48.9 Å². The second-order valence-corrected chi connectivity index (χ2v) is 7.50. The Bertz CT molecular complexity index is 1120. The molecule has 0 bridgehead atoms. The summed E-state index contributed by atoms with van der Waals surface area (Å²) in [5.74, 6) is -0.337. The van der Waals surface area contributed by atoms with E-state index < -0.39 is 11.7 Å². The van der Waals surface area contributed by atoms with Gasteiger partial charge in [-0.1, -0.05) is 30.3 Å². The van der Waals surface area contributed by atoms with E-state index in [-0.39, 0.29) is 11.6 Å². The van der Waals surface area contributed by atoms with Gasteiger partial charge in [0, 0.05) is 30.0 Å². The van der Waals surface area contributed by atoms with Gasteiger partial charge in [-0.2, -0.15) is 0 Å². The average Bonchev–Trinajstić information content (AvgIpc) is 2.81. The van der Waals surface area contributed by atoms with Gasteiger partial charge in [0.2, 0.25) is 0 Å². The molecule has 6 nitrogen and oxygen atoms in total. The first kappa shape index (κ1) is 21.4. The molecule has 0 spiro atoms. The summed E-state index contributed by atoms with van der Waals surface area (Å²) in [6.45, 7) is 1.75. The van der Waals surface area contributed by atoms with E-state index in [0.29, 0.717) is 25.3 Å². The SMILES string of the molecule is COc1ccccc1CN1CCCN(c2ccc(NC(=O)c3ccccc3F)cc2)C1=O. The largest absolute Gasteiger partial charge is 0.496 e. The Hall–Kier alpha value is -3.87. The second-order valence-electron chi connectivity index (χ2n) is 7.50. The first-order valence-corrected chi connectivity index (χ1v) is 10.4. The summed E-state index contributed by atoms with van der Waals surface area (Å²) < 4.78 is 19.2. The lowest BCUT2D eigenvalue weighted by Crippen LogP contribution is -2.49. The Morgan fingerprint density at radius 3 is 2.47 bits per heavy atom. The van der Waals surface area contributed by atoms with Gasteiger partial charge in [-0.15, -0.1) is 0 Å². The maximum absolute atomic E-state index is 13.8. The zero-order valence-corrected chi connectivity index (χ0v) is 17.8. The molecule has 0 unspecified atom stereocenters. The molecule has 4 rings (SSSR count). The zero-order valence-electron chi connectivity index (χ0n) is 17.8. The van der Waals surface area contributed by atoms with E-state index in [9.17, 15) is 14.0 Å².